The molecule has 24 heavy (non-hydrogen) atoms. The van der Waals surface area contributed by atoms with E-state index in [4.69, 9.17) is 0 Å². The number of nitrogens with zero attached hydrogens (tertiary/aromatic N) is 2. The van der Waals surface area contributed by atoms with Crippen LogP contribution in [-0.2, 0) is 10.0 Å². The normalized spacial score (nSPS) is 24.5. The number of pyridine rings is 1. The van der Waals surface area contributed by atoms with E-state index in [1.54, 1.807) is 22.6 Å². The largest absolute Gasteiger partial charge is 0.314 e. The van der Waals surface area contributed by atoms with E-state index in [9.17, 15) is 8.42 Å². The van der Waals surface area contributed by atoms with E-state index in [0.29, 0.717) is 29.9 Å². The van der Waals surface area contributed by atoms with Gasteiger partial charge in [-0.1, -0.05) is 6.07 Å². The van der Waals surface area contributed by atoms with Crippen molar-refractivity contribution in [3.63, 3.8) is 0 Å². The monoisotopic (exact) mass is 367 g/mol. The van der Waals surface area contributed by atoms with Crippen molar-refractivity contribution >= 4 is 33.3 Å². The van der Waals surface area contributed by atoms with Gasteiger partial charge in [-0.3, -0.25) is 4.98 Å². The second-order valence-electron chi connectivity index (χ2n) is 6.54. The molecule has 0 saturated carbocycles. The summed E-state index contributed by atoms with van der Waals surface area (Å²) in [7, 11) is -3.48. The summed E-state index contributed by atoms with van der Waals surface area (Å²) in [6.07, 6.45) is 3.67. The highest BCUT2D eigenvalue weighted by Crippen LogP contribution is 2.31. The van der Waals surface area contributed by atoms with Gasteiger partial charge in [0.1, 0.15) is 0 Å². The molecule has 3 heterocycles. The summed E-state index contributed by atoms with van der Waals surface area (Å²) < 4.78 is 28.0. The lowest BCUT2D eigenvalue weighted by molar-refractivity contribution is 0.247. The highest BCUT2D eigenvalue weighted by atomic mass is 35.5. The molecule has 0 bridgehead atoms. The Balaban J connectivity index is 0.00000169. The Hall–Kier alpha value is -1.21. The molecule has 2 aliphatic heterocycles. The van der Waals surface area contributed by atoms with Gasteiger partial charge in [0.2, 0.25) is 10.0 Å². The number of rotatable bonds is 2. The molecular formula is C17H22ClN3O2S. The zero-order chi connectivity index (χ0) is 16.0. The fraction of sp³-hybridized carbons (Fsp3) is 0.471. The van der Waals surface area contributed by atoms with E-state index in [0.717, 1.165) is 35.9 Å². The van der Waals surface area contributed by atoms with Crippen molar-refractivity contribution in [3.05, 3.63) is 36.0 Å². The van der Waals surface area contributed by atoms with E-state index in [2.05, 4.69) is 10.3 Å². The first-order valence-electron chi connectivity index (χ1n) is 8.15. The van der Waals surface area contributed by atoms with Crippen LogP contribution in [0.1, 0.15) is 18.4 Å². The first-order valence-corrected chi connectivity index (χ1v) is 9.59. The van der Waals surface area contributed by atoms with Crippen LogP contribution in [0.4, 0.5) is 0 Å². The number of hydrogen-bond donors (Lipinski definition) is 1. The van der Waals surface area contributed by atoms with Gasteiger partial charge in [0.15, 0.2) is 0 Å². The fourth-order valence-electron chi connectivity index (χ4n) is 3.88. The van der Waals surface area contributed by atoms with Crippen LogP contribution in [0.3, 0.4) is 0 Å². The smallest absolute Gasteiger partial charge is 0.243 e. The molecule has 0 spiro atoms. The van der Waals surface area contributed by atoms with Gasteiger partial charge in [-0.2, -0.15) is 4.31 Å². The number of nitrogens with one attached hydrogen (secondary N) is 1. The maximum Gasteiger partial charge on any atom is 0.243 e. The van der Waals surface area contributed by atoms with Gasteiger partial charge in [-0.15, -0.1) is 12.4 Å². The molecule has 2 fully saturated rings. The van der Waals surface area contributed by atoms with Gasteiger partial charge in [0.05, 0.1) is 10.4 Å². The highest BCUT2D eigenvalue weighted by Gasteiger charge is 2.38. The predicted octanol–water partition coefficient (Wildman–Crippen LogP) is 2.34. The summed E-state index contributed by atoms with van der Waals surface area (Å²) in [5, 5.41) is 4.20. The maximum atomic E-state index is 13.2. The second kappa shape index (κ2) is 6.59. The Labute approximate surface area is 148 Å². The summed E-state index contributed by atoms with van der Waals surface area (Å²) >= 11 is 0. The Bertz CT molecular complexity index is 856. The third-order valence-corrected chi connectivity index (χ3v) is 7.09. The minimum atomic E-state index is -3.48. The molecule has 7 heteroatoms. The number of hydrogen-bond acceptors (Lipinski definition) is 4. The number of fused-ring (bicyclic) bond motifs is 2. The molecule has 2 atom stereocenters. The molecule has 4 rings (SSSR count). The molecule has 1 aromatic carbocycles. The number of aryl methyl sites for hydroxylation is 1. The molecule has 0 amide bonds. The third kappa shape index (κ3) is 2.81. The van der Waals surface area contributed by atoms with Crippen molar-refractivity contribution in [2.45, 2.75) is 30.7 Å². The highest BCUT2D eigenvalue weighted by molar-refractivity contribution is 7.89. The molecule has 0 radical (unpaired) electrons. The Morgan fingerprint density at radius 1 is 1.25 bits per heavy atom. The summed E-state index contributed by atoms with van der Waals surface area (Å²) in [4.78, 5) is 4.75. The van der Waals surface area contributed by atoms with Crippen LogP contribution < -0.4 is 5.32 Å². The molecule has 1 N–H and O–H groups in total. The summed E-state index contributed by atoms with van der Waals surface area (Å²) in [5.41, 5.74) is 1.77. The van der Waals surface area contributed by atoms with E-state index in [1.807, 2.05) is 19.1 Å². The first-order chi connectivity index (χ1) is 11.1. The van der Waals surface area contributed by atoms with Gasteiger partial charge < -0.3 is 5.32 Å². The van der Waals surface area contributed by atoms with Crippen LogP contribution in [0.15, 0.2) is 35.4 Å². The lowest BCUT2D eigenvalue weighted by Gasteiger charge is -2.34. The Kier molecular flexibility index (Phi) is 4.84. The summed E-state index contributed by atoms with van der Waals surface area (Å²) in [5.74, 6) is 0.438. The van der Waals surface area contributed by atoms with Crippen molar-refractivity contribution in [2.24, 2.45) is 5.92 Å². The van der Waals surface area contributed by atoms with Gasteiger partial charge in [0, 0.05) is 30.7 Å². The minimum Gasteiger partial charge on any atom is -0.314 e. The van der Waals surface area contributed by atoms with Crippen LogP contribution in [0.5, 0.6) is 0 Å². The summed E-state index contributed by atoms with van der Waals surface area (Å²) in [6.45, 7) is 4.17. The van der Waals surface area contributed by atoms with Crippen LogP contribution in [-0.4, -0.2) is 43.4 Å². The molecule has 0 aliphatic carbocycles. The van der Waals surface area contributed by atoms with Gasteiger partial charge in [-0.25, -0.2) is 8.42 Å². The van der Waals surface area contributed by atoms with Gasteiger partial charge in [-0.05, 0) is 56.0 Å². The van der Waals surface area contributed by atoms with E-state index in [1.165, 1.54) is 0 Å². The van der Waals surface area contributed by atoms with Crippen LogP contribution >= 0.6 is 12.4 Å². The maximum absolute atomic E-state index is 13.2. The zero-order valence-corrected chi connectivity index (χ0v) is 15.2. The van der Waals surface area contributed by atoms with Crippen LogP contribution in [0.25, 0.3) is 10.9 Å². The summed E-state index contributed by atoms with van der Waals surface area (Å²) in [6, 6.07) is 7.72. The van der Waals surface area contributed by atoms with Gasteiger partial charge >= 0.3 is 0 Å². The first kappa shape index (κ1) is 17.6. The molecular weight excluding hydrogens is 346 g/mol. The SMILES string of the molecule is Cc1ccc(S(=O)(=O)N2CCC3NCCC3C2)c2cccnc12.Cl. The lowest BCUT2D eigenvalue weighted by atomic mass is 9.95. The Morgan fingerprint density at radius 2 is 2.08 bits per heavy atom. The minimum absolute atomic E-state index is 0. The molecule has 130 valence electrons. The van der Waals surface area contributed by atoms with Crippen molar-refractivity contribution in [3.8, 4) is 0 Å². The zero-order valence-electron chi connectivity index (χ0n) is 13.6. The van der Waals surface area contributed by atoms with Crippen molar-refractivity contribution in [2.75, 3.05) is 19.6 Å². The molecule has 1 aromatic heterocycles. The average molecular weight is 368 g/mol. The topological polar surface area (TPSA) is 62.3 Å². The molecule has 5 nitrogen and oxygen atoms in total. The van der Waals surface area contributed by atoms with E-state index < -0.39 is 10.0 Å². The predicted molar refractivity (Wildman–Crippen MR) is 97.0 cm³/mol. The second-order valence-corrected chi connectivity index (χ2v) is 8.45. The van der Waals surface area contributed by atoms with E-state index in [-0.39, 0.29) is 12.4 Å². The standard InChI is InChI=1S/C17H21N3O2S.ClH/c1-12-4-5-16(14-3-2-8-19-17(12)14)23(21,22)20-10-7-15-13(11-20)6-9-18-15;/h2-5,8,13,15,18H,6-7,9-11H2,1H3;1H. The average Bonchev–Trinajstić information content (AvgIpc) is 3.03. The number of sulfonamides is 1. The number of piperidine rings is 1. The molecule has 2 saturated heterocycles. The lowest BCUT2D eigenvalue weighted by Crippen LogP contribution is -2.46. The van der Waals surface area contributed by atoms with Gasteiger partial charge in [0.25, 0.3) is 0 Å². The van der Waals surface area contributed by atoms with Crippen LogP contribution in [0.2, 0.25) is 0 Å². The quantitative estimate of drug-likeness (QED) is 0.885. The van der Waals surface area contributed by atoms with Crippen LogP contribution in [0, 0.1) is 12.8 Å². The third-order valence-electron chi connectivity index (χ3n) is 5.17. The molecule has 2 aromatic rings. The fourth-order valence-corrected chi connectivity index (χ4v) is 5.58. The van der Waals surface area contributed by atoms with Crippen molar-refractivity contribution in [1.82, 2.24) is 14.6 Å². The van der Waals surface area contributed by atoms with E-state index >= 15 is 0 Å². The van der Waals surface area contributed by atoms with Crippen molar-refractivity contribution in [1.29, 1.82) is 0 Å². The molecule has 2 aliphatic rings. The number of aromatic nitrogens is 1. The number of halogens is 1. The molecule has 2 unspecified atom stereocenters. The number of benzene rings is 1. The van der Waals surface area contributed by atoms with Crippen molar-refractivity contribution < 1.29 is 8.42 Å². The Morgan fingerprint density at radius 3 is 2.92 bits per heavy atom.